The van der Waals surface area contributed by atoms with Gasteiger partial charge in [-0.25, -0.2) is 4.39 Å². The molecule has 35 heavy (non-hydrogen) atoms. The summed E-state index contributed by atoms with van der Waals surface area (Å²) in [6.07, 6.45) is 3.48. The Labute approximate surface area is 200 Å². The Bertz CT molecular complexity index is 1570. The maximum Gasteiger partial charge on any atom is 0.291 e. The first-order valence-electron chi connectivity index (χ1n) is 10.9. The number of hydrazone groups is 1. The zero-order chi connectivity index (χ0) is 24.6. The van der Waals surface area contributed by atoms with Gasteiger partial charge in [0.15, 0.2) is 5.76 Å². The number of fused-ring (bicyclic) bond motifs is 2. The molecule has 0 radical (unpaired) electrons. The molecule has 8 nitrogen and oxygen atoms in total. The van der Waals surface area contributed by atoms with Gasteiger partial charge in [0.1, 0.15) is 11.6 Å². The summed E-state index contributed by atoms with van der Waals surface area (Å²) in [5.41, 5.74) is 3.05. The number of rotatable bonds is 5. The largest absolute Gasteiger partial charge is 0.455 e. The van der Waals surface area contributed by atoms with Crippen molar-refractivity contribution in [2.24, 2.45) is 5.10 Å². The Balaban J connectivity index is 1.43. The van der Waals surface area contributed by atoms with Gasteiger partial charge >= 0.3 is 0 Å². The van der Waals surface area contributed by atoms with Crippen molar-refractivity contribution < 1.29 is 22.0 Å². The number of pyridine rings is 1. The number of aryl methyl sites for hydroxylation is 1. The van der Waals surface area contributed by atoms with Gasteiger partial charge in [-0.2, -0.15) is 18.4 Å². The van der Waals surface area contributed by atoms with Crippen LogP contribution in [0.4, 0.5) is 10.1 Å². The first-order chi connectivity index (χ1) is 16.8. The number of benzene rings is 2. The van der Waals surface area contributed by atoms with Crippen LogP contribution in [0.5, 0.6) is 0 Å². The zero-order valence-electron chi connectivity index (χ0n) is 18.7. The number of furan rings is 1. The summed E-state index contributed by atoms with van der Waals surface area (Å²) in [6, 6.07) is 13.6. The zero-order valence-corrected chi connectivity index (χ0v) is 19.5. The summed E-state index contributed by atoms with van der Waals surface area (Å²) in [5.74, 6) is -0.226. The van der Waals surface area contributed by atoms with E-state index in [1.165, 1.54) is 12.1 Å². The third-order valence-corrected chi connectivity index (χ3v) is 7.07. The van der Waals surface area contributed by atoms with Gasteiger partial charge in [-0.3, -0.25) is 9.78 Å². The van der Waals surface area contributed by atoms with Crippen molar-refractivity contribution in [3.63, 3.8) is 0 Å². The number of amides is 1. The standard InChI is InChI=1S/C25H21FN4O4S/c1-15-23-21(29-30-35(32,33)17-12-10-16(26)11-13-17)8-3-9-22(23)34-24(15)25(31)28-20-7-2-6-19-18(20)5-4-14-27-19/h2,4-7,10-14,30H,3,8-9H2,1H3,(H,28,31)/b29-21+. The lowest BCUT2D eigenvalue weighted by Crippen LogP contribution is -2.22. The monoisotopic (exact) mass is 492 g/mol. The fourth-order valence-corrected chi connectivity index (χ4v) is 5.00. The van der Waals surface area contributed by atoms with Crippen molar-refractivity contribution >= 4 is 38.2 Å². The van der Waals surface area contributed by atoms with Crippen LogP contribution in [0.3, 0.4) is 0 Å². The Morgan fingerprint density at radius 1 is 1.09 bits per heavy atom. The molecule has 0 bridgehead atoms. The highest BCUT2D eigenvalue weighted by Crippen LogP contribution is 2.31. The van der Waals surface area contributed by atoms with E-state index in [0.717, 1.165) is 23.0 Å². The summed E-state index contributed by atoms with van der Waals surface area (Å²) < 4.78 is 44.2. The van der Waals surface area contributed by atoms with E-state index in [2.05, 4.69) is 20.2 Å². The predicted molar refractivity (Wildman–Crippen MR) is 129 cm³/mol. The molecule has 0 fully saturated rings. The predicted octanol–water partition coefficient (Wildman–Crippen LogP) is 4.55. The second-order valence-corrected chi connectivity index (χ2v) is 9.81. The Hall–Kier alpha value is -4.05. The number of nitrogens with zero attached hydrogens (tertiary/aromatic N) is 2. The number of anilines is 1. The van der Waals surface area contributed by atoms with Crippen molar-refractivity contribution in [1.29, 1.82) is 0 Å². The van der Waals surface area contributed by atoms with Crippen molar-refractivity contribution in [2.45, 2.75) is 31.1 Å². The Morgan fingerprint density at radius 2 is 1.89 bits per heavy atom. The summed E-state index contributed by atoms with van der Waals surface area (Å²) in [4.78, 5) is 19.5. The Kier molecular flexibility index (Phi) is 5.81. The molecular formula is C25H21FN4O4S. The van der Waals surface area contributed by atoms with Gasteiger partial charge in [-0.1, -0.05) is 6.07 Å². The van der Waals surface area contributed by atoms with Crippen LogP contribution < -0.4 is 10.1 Å². The normalized spacial score (nSPS) is 14.6. The number of halogens is 1. The second-order valence-electron chi connectivity index (χ2n) is 8.14. The smallest absolute Gasteiger partial charge is 0.291 e. The van der Waals surface area contributed by atoms with Crippen LogP contribution >= 0.6 is 0 Å². The van der Waals surface area contributed by atoms with Crippen LogP contribution in [0.15, 0.2) is 75.2 Å². The number of sulfonamides is 1. The lowest BCUT2D eigenvalue weighted by atomic mass is 9.93. The molecule has 2 aromatic carbocycles. The molecule has 4 aromatic rings. The molecule has 0 aliphatic heterocycles. The molecule has 0 spiro atoms. The minimum Gasteiger partial charge on any atom is -0.455 e. The van der Waals surface area contributed by atoms with E-state index < -0.39 is 21.7 Å². The molecule has 1 amide bonds. The number of nitrogens with one attached hydrogen (secondary N) is 2. The number of aromatic nitrogens is 1. The average molecular weight is 493 g/mol. The molecule has 2 N–H and O–H groups in total. The van der Waals surface area contributed by atoms with Gasteiger partial charge in [0.2, 0.25) is 0 Å². The van der Waals surface area contributed by atoms with Crippen LogP contribution in [0.1, 0.15) is 40.3 Å². The molecule has 10 heteroatoms. The van der Waals surface area contributed by atoms with Gasteiger partial charge in [-0.05, 0) is 68.3 Å². The van der Waals surface area contributed by atoms with Crippen LogP contribution in [0.2, 0.25) is 0 Å². The van der Waals surface area contributed by atoms with E-state index in [4.69, 9.17) is 4.42 Å². The van der Waals surface area contributed by atoms with E-state index in [1.54, 1.807) is 25.3 Å². The van der Waals surface area contributed by atoms with Crippen LogP contribution in [-0.4, -0.2) is 25.0 Å². The topological polar surface area (TPSA) is 114 Å². The van der Waals surface area contributed by atoms with Crippen molar-refractivity contribution in [3.8, 4) is 0 Å². The van der Waals surface area contributed by atoms with E-state index in [0.29, 0.717) is 47.5 Å². The first kappa shape index (κ1) is 22.7. The lowest BCUT2D eigenvalue weighted by Gasteiger charge is -2.14. The minimum atomic E-state index is -3.98. The van der Waals surface area contributed by atoms with Crippen LogP contribution in [-0.2, 0) is 16.4 Å². The molecule has 0 saturated heterocycles. The lowest BCUT2D eigenvalue weighted by molar-refractivity contribution is 0.0994. The molecular weight excluding hydrogens is 471 g/mol. The highest BCUT2D eigenvalue weighted by atomic mass is 32.2. The van der Waals surface area contributed by atoms with Gasteiger partial charge in [0, 0.05) is 29.1 Å². The van der Waals surface area contributed by atoms with E-state index >= 15 is 0 Å². The minimum absolute atomic E-state index is 0.104. The maximum absolute atomic E-state index is 13.2. The highest BCUT2D eigenvalue weighted by molar-refractivity contribution is 7.89. The molecule has 2 heterocycles. The van der Waals surface area contributed by atoms with E-state index in [-0.39, 0.29) is 10.7 Å². The van der Waals surface area contributed by atoms with E-state index in [1.807, 2.05) is 18.2 Å². The summed E-state index contributed by atoms with van der Waals surface area (Å²) in [5, 5.41) is 7.83. The summed E-state index contributed by atoms with van der Waals surface area (Å²) in [7, 11) is -3.98. The van der Waals surface area contributed by atoms with Crippen LogP contribution in [0, 0.1) is 12.7 Å². The third kappa shape index (κ3) is 4.40. The number of carbonyl (C=O) groups is 1. The van der Waals surface area contributed by atoms with Crippen molar-refractivity contribution in [1.82, 2.24) is 9.82 Å². The maximum atomic E-state index is 13.2. The van der Waals surface area contributed by atoms with Crippen molar-refractivity contribution in [3.05, 3.63) is 89.3 Å². The fourth-order valence-electron chi connectivity index (χ4n) is 4.17. The molecule has 178 valence electrons. The summed E-state index contributed by atoms with van der Waals surface area (Å²) >= 11 is 0. The van der Waals surface area contributed by atoms with Gasteiger partial charge < -0.3 is 9.73 Å². The molecule has 5 rings (SSSR count). The Morgan fingerprint density at radius 3 is 2.69 bits per heavy atom. The van der Waals surface area contributed by atoms with Crippen LogP contribution in [0.25, 0.3) is 10.9 Å². The fraction of sp³-hybridized carbons (Fsp3) is 0.160. The molecule has 0 atom stereocenters. The van der Waals surface area contributed by atoms with Gasteiger partial charge in [0.05, 0.1) is 21.8 Å². The second kappa shape index (κ2) is 8.95. The molecule has 0 unspecified atom stereocenters. The van der Waals surface area contributed by atoms with Crippen molar-refractivity contribution in [2.75, 3.05) is 5.32 Å². The first-order valence-corrected chi connectivity index (χ1v) is 12.4. The average Bonchev–Trinajstić information content (AvgIpc) is 3.20. The summed E-state index contributed by atoms with van der Waals surface area (Å²) in [6.45, 7) is 1.75. The van der Waals surface area contributed by atoms with E-state index in [9.17, 15) is 17.6 Å². The number of hydrogen-bond donors (Lipinski definition) is 2. The SMILES string of the molecule is Cc1c(C(=O)Nc2cccc3ncccc23)oc2c1/C(=N/NS(=O)(=O)c1ccc(F)cc1)CCC2. The molecule has 1 aliphatic rings. The molecule has 2 aromatic heterocycles. The molecule has 1 aliphatic carbocycles. The highest BCUT2D eigenvalue weighted by Gasteiger charge is 2.28. The number of hydrogen-bond acceptors (Lipinski definition) is 6. The number of carbonyl (C=O) groups excluding carboxylic acids is 1. The quantitative estimate of drug-likeness (QED) is 0.397. The molecule has 0 saturated carbocycles. The third-order valence-electron chi connectivity index (χ3n) is 5.85. The van der Waals surface area contributed by atoms with Gasteiger partial charge in [0.25, 0.3) is 15.9 Å². The van der Waals surface area contributed by atoms with Gasteiger partial charge in [-0.15, -0.1) is 0 Å².